The fourth-order valence-electron chi connectivity index (χ4n) is 1.60. The minimum Gasteiger partial charge on any atom is -0.273 e. The Hall–Kier alpha value is -2.77. The second kappa shape index (κ2) is 4.84. The van der Waals surface area contributed by atoms with Gasteiger partial charge in [0.2, 0.25) is 11.8 Å². The van der Waals surface area contributed by atoms with Crippen LogP contribution < -0.4 is 5.43 Å². The molecule has 0 spiro atoms. The highest BCUT2D eigenvalue weighted by atomic mass is 16.6. The van der Waals surface area contributed by atoms with Gasteiger partial charge in [-0.15, -0.1) is 0 Å². The van der Waals surface area contributed by atoms with Gasteiger partial charge < -0.3 is 0 Å². The van der Waals surface area contributed by atoms with Crippen LogP contribution in [0.4, 0.5) is 5.69 Å². The van der Waals surface area contributed by atoms with E-state index < -0.39 is 22.6 Å². The van der Waals surface area contributed by atoms with Crippen LogP contribution in [0.5, 0.6) is 0 Å². The number of non-ortho nitro benzene ring substituents is 1. The highest BCUT2D eigenvalue weighted by molar-refractivity contribution is 6.05. The van der Waals surface area contributed by atoms with Crippen molar-refractivity contribution < 1.29 is 19.3 Å². The Labute approximate surface area is 107 Å². The fraction of sp³-hybridized carbons (Fsp3) is 0.182. The summed E-state index contributed by atoms with van der Waals surface area (Å²) in [4.78, 5) is 44.2. The molecular weight excluding hydrogens is 254 g/mol. The molecule has 0 saturated carbocycles. The average molecular weight is 263 g/mol. The van der Waals surface area contributed by atoms with Crippen LogP contribution in [-0.2, 0) is 9.59 Å². The van der Waals surface area contributed by atoms with E-state index in [1.165, 1.54) is 24.3 Å². The van der Waals surface area contributed by atoms with Crippen LogP contribution in [0, 0.1) is 10.1 Å². The van der Waals surface area contributed by atoms with Gasteiger partial charge in [0, 0.05) is 30.5 Å². The molecule has 0 radical (unpaired) electrons. The monoisotopic (exact) mass is 263 g/mol. The van der Waals surface area contributed by atoms with Crippen molar-refractivity contribution in [2.75, 3.05) is 0 Å². The molecule has 1 heterocycles. The topological polar surface area (TPSA) is 110 Å². The Kier molecular flexibility index (Phi) is 3.23. The van der Waals surface area contributed by atoms with Crippen molar-refractivity contribution in [1.82, 2.24) is 10.4 Å². The average Bonchev–Trinajstić information content (AvgIpc) is 2.70. The van der Waals surface area contributed by atoms with Crippen LogP contribution in [0.1, 0.15) is 23.2 Å². The van der Waals surface area contributed by atoms with E-state index >= 15 is 0 Å². The summed E-state index contributed by atoms with van der Waals surface area (Å²) < 4.78 is 0. The van der Waals surface area contributed by atoms with Gasteiger partial charge >= 0.3 is 0 Å². The van der Waals surface area contributed by atoms with E-state index in [1.807, 2.05) is 0 Å². The van der Waals surface area contributed by atoms with Crippen LogP contribution in [0.3, 0.4) is 0 Å². The Balaban J connectivity index is 2.09. The van der Waals surface area contributed by atoms with E-state index in [4.69, 9.17) is 0 Å². The number of amides is 3. The van der Waals surface area contributed by atoms with E-state index in [0.29, 0.717) is 5.01 Å². The number of nitro benzene ring substituents is 1. The third-order valence-electron chi connectivity index (χ3n) is 2.61. The molecule has 8 heteroatoms. The summed E-state index contributed by atoms with van der Waals surface area (Å²) in [6.45, 7) is 0. The van der Waals surface area contributed by atoms with E-state index in [1.54, 1.807) is 0 Å². The van der Waals surface area contributed by atoms with Gasteiger partial charge in [0.25, 0.3) is 11.6 Å². The standard InChI is InChI=1S/C11H9N3O5/c15-9-5-6-10(16)13(9)12-11(17)7-1-3-8(4-2-7)14(18)19/h1-4H,5-6H2,(H,12,17). The van der Waals surface area contributed by atoms with E-state index in [0.717, 1.165) is 0 Å². The number of carbonyl (C=O) groups is 3. The van der Waals surface area contributed by atoms with Gasteiger partial charge in [-0.2, -0.15) is 5.01 Å². The van der Waals surface area contributed by atoms with Gasteiger partial charge in [-0.3, -0.25) is 29.9 Å². The summed E-state index contributed by atoms with van der Waals surface area (Å²) in [5, 5.41) is 11.1. The number of nitrogens with zero attached hydrogens (tertiary/aromatic N) is 2. The SMILES string of the molecule is O=C(NN1C(=O)CCC1=O)c1ccc([N+](=O)[O-])cc1. The molecule has 19 heavy (non-hydrogen) atoms. The van der Waals surface area contributed by atoms with E-state index in [9.17, 15) is 24.5 Å². The molecule has 98 valence electrons. The summed E-state index contributed by atoms with van der Waals surface area (Å²) >= 11 is 0. The molecule has 1 aliphatic rings. The maximum Gasteiger partial charge on any atom is 0.270 e. The van der Waals surface area contributed by atoms with Crippen LogP contribution >= 0.6 is 0 Å². The molecule has 8 nitrogen and oxygen atoms in total. The number of hydrogen-bond acceptors (Lipinski definition) is 5. The molecule has 1 aromatic carbocycles. The number of imide groups is 1. The lowest BCUT2D eigenvalue weighted by atomic mass is 10.2. The molecule has 0 bridgehead atoms. The van der Waals surface area contributed by atoms with Crippen LogP contribution in [0.15, 0.2) is 24.3 Å². The first-order valence-electron chi connectivity index (χ1n) is 5.40. The number of nitro groups is 1. The normalized spacial score (nSPS) is 14.6. The third-order valence-corrected chi connectivity index (χ3v) is 2.61. The molecule has 1 fully saturated rings. The van der Waals surface area contributed by atoms with Crippen molar-refractivity contribution in [3.8, 4) is 0 Å². The van der Waals surface area contributed by atoms with Crippen molar-refractivity contribution in [3.63, 3.8) is 0 Å². The van der Waals surface area contributed by atoms with Gasteiger partial charge in [-0.1, -0.05) is 0 Å². The molecule has 0 unspecified atom stereocenters. The summed E-state index contributed by atoms with van der Waals surface area (Å²) in [6, 6.07) is 4.84. The number of hydrogen-bond donors (Lipinski definition) is 1. The molecule has 1 N–H and O–H groups in total. The van der Waals surface area contributed by atoms with E-state index in [-0.39, 0.29) is 24.1 Å². The largest absolute Gasteiger partial charge is 0.273 e. The smallest absolute Gasteiger partial charge is 0.270 e. The zero-order chi connectivity index (χ0) is 14.0. The summed E-state index contributed by atoms with van der Waals surface area (Å²) in [6.07, 6.45) is 0.138. The van der Waals surface area contributed by atoms with Crippen molar-refractivity contribution >= 4 is 23.4 Å². The lowest BCUT2D eigenvalue weighted by Crippen LogP contribution is -2.45. The Morgan fingerprint density at radius 1 is 1.16 bits per heavy atom. The first-order valence-corrected chi connectivity index (χ1v) is 5.40. The van der Waals surface area contributed by atoms with Crippen molar-refractivity contribution in [1.29, 1.82) is 0 Å². The first kappa shape index (κ1) is 12.7. The zero-order valence-electron chi connectivity index (χ0n) is 9.66. The van der Waals surface area contributed by atoms with Gasteiger partial charge in [-0.05, 0) is 12.1 Å². The molecular formula is C11H9N3O5. The van der Waals surface area contributed by atoms with Crippen molar-refractivity contribution in [3.05, 3.63) is 39.9 Å². The summed E-state index contributed by atoms with van der Waals surface area (Å²) in [7, 11) is 0. The number of rotatable bonds is 3. The highest BCUT2D eigenvalue weighted by Gasteiger charge is 2.30. The molecule has 3 amide bonds. The lowest BCUT2D eigenvalue weighted by molar-refractivity contribution is -0.384. The number of carbonyl (C=O) groups excluding carboxylic acids is 3. The van der Waals surface area contributed by atoms with Gasteiger partial charge in [0.1, 0.15) is 0 Å². The van der Waals surface area contributed by atoms with Crippen LogP contribution in [-0.4, -0.2) is 27.7 Å². The highest BCUT2D eigenvalue weighted by Crippen LogP contribution is 2.13. The van der Waals surface area contributed by atoms with Gasteiger partial charge in [-0.25, -0.2) is 0 Å². The summed E-state index contributed by atoms with van der Waals surface area (Å²) in [5.41, 5.74) is 2.14. The predicted molar refractivity (Wildman–Crippen MR) is 61.6 cm³/mol. The molecule has 2 rings (SSSR count). The molecule has 1 aromatic rings. The van der Waals surface area contributed by atoms with E-state index in [2.05, 4.69) is 5.43 Å². The predicted octanol–water partition coefficient (Wildman–Crippen LogP) is 0.389. The Morgan fingerprint density at radius 2 is 1.68 bits per heavy atom. The number of nitrogens with one attached hydrogen (secondary N) is 1. The van der Waals surface area contributed by atoms with Crippen molar-refractivity contribution in [2.24, 2.45) is 0 Å². The molecule has 0 aliphatic carbocycles. The number of hydrazine groups is 1. The van der Waals surface area contributed by atoms with Crippen molar-refractivity contribution in [2.45, 2.75) is 12.8 Å². The molecule has 1 saturated heterocycles. The van der Waals surface area contributed by atoms with Crippen LogP contribution in [0.2, 0.25) is 0 Å². The van der Waals surface area contributed by atoms with Gasteiger partial charge in [0.05, 0.1) is 4.92 Å². The fourth-order valence-corrected chi connectivity index (χ4v) is 1.60. The molecule has 1 aliphatic heterocycles. The zero-order valence-corrected chi connectivity index (χ0v) is 9.66. The quantitative estimate of drug-likeness (QED) is 0.482. The first-order chi connectivity index (χ1) is 8.99. The number of benzene rings is 1. The molecule has 0 atom stereocenters. The lowest BCUT2D eigenvalue weighted by Gasteiger charge is -2.14. The second-order valence-corrected chi connectivity index (χ2v) is 3.87. The minimum atomic E-state index is -0.668. The maximum atomic E-state index is 11.7. The Morgan fingerprint density at radius 3 is 2.16 bits per heavy atom. The summed E-state index contributed by atoms with van der Waals surface area (Å²) in [5.74, 6) is -1.61. The third kappa shape index (κ3) is 2.57. The minimum absolute atomic E-state index is 0.0688. The van der Waals surface area contributed by atoms with Crippen LogP contribution in [0.25, 0.3) is 0 Å². The second-order valence-electron chi connectivity index (χ2n) is 3.87. The molecule has 0 aromatic heterocycles. The maximum absolute atomic E-state index is 11.7. The van der Waals surface area contributed by atoms with Gasteiger partial charge in [0.15, 0.2) is 0 Å². The Bertz CT molecular complexity index is 550.